The first-order valence-electron chi connectivity index (χ1n) is 16.8. The Morgan fingerprint density at radius 1 is 0.250 bits per heavy atom. The van der Waals surface area contributed by atoms with Gasteiger partial charge in [0, 0.05) is 10.9 Å². The van der Waals surface area contributed by atoms with Crippen LogP contribution in [0.15, 0.2) is 24.3 Å². The molecule has 8 aromatic carbocycles. The SMILES string of the molecule is Fc1c(F)c(F)c(-c2c(F)c(F)c(F)c(F)[c]2[Al]([c]2c(F)c(F)c(F)c3c(F)c4c(F)cccc4cc23)[c]2c(F)c(F)c(F)c3c(F)c4c(F)c(F)c(F)c(F)c4c(F)c23)c(F)c1F. The molecule has 8 aromatic rings. The maximum Gasteiger partial charge on any atom is 0.401 e. The van der Waals surface area contributed by atoms with Gasteiger partial charge in [-0.3, -0.25) is 0 Å². The molecule has 0 aliphatic rings. The molecule has 0 nitrogen and oxygen atoms in total. The van der Waals surface area contributed by atoms with Crippen LogP contribution in [0.25, 0.3) is 54.2 Å². The van der Waals surface area contributed by atoms with E-state index in [1.54, 1.807) is 0 Å². The highest BCUT2D eigenvalue weighted by Crippen LogP contribution is 2.41. The fourth-order valence-corrected chi connectivity index (χ4v) is 11.3. The quantitative estimate of drug-likeness (QED) is 0.0542. The lowest BCUT2D eigenvalue weighted by Gasteiger charge is -2.25. The van der Waals surface area contributed by atoms with Crippen molar-refractivity contribution >= 4 is 70.5 Å². The molecular weight excluding hydrogens is 944 g/mol. The molecule has 0 bridgehead atoms. The van der Waals surface area contributed by atoms with E-state index in [2.05, 4.69) is 0 Å². The van der Waals surface area contributed by atoms with E-state index in [0.717, 1.165) is 0 Å². The van der Waals surface area contributed by atoms with Crippen molar-refractivity contribution in [2.75, 3.05) is 0 Å². The van der Waals surface area contributed by atoms with Gasteiger partial charge in [-0.1, -0.05) is 25.4 Å². The van der Waals surface area contributed by atoms with Crippen molar-refractivity contribution in [1.29, 1.82) is 0 Å². The summed E-state index contributed by atoms with van der Waals surface area (Å²) in [4.78, 5) is 0. The van der Waals surface area contributed by atoms with Gasteiger partial charge < -0.3 is 0 Å². The van der Waals surface area contributed by atoms with E-state index in [-0.39, 0.29) is 6.07 Å². The summed E-state index contributed by atoms with van der Waals surface area (Å²) in [5, 5.41) is -16.6. The van der Waals surface area contributed by atoms with Gasteiger partial charge in [-0.15, -0.1) is 0 Å². The van der Waals surface area contributed by atoms with Crippen LogP contribution in [-0.4, -0.2) is 14.1 Å². The summed E-state index contributed by atoms with van der Waals surface area (Å²) in [6, 6.07) is 1.95. The Balaban J connectivity index is 1.78. The molecule has 0 aliphatic heterocycles. The van der Waals surface area contributed by atoms with Gasteiger partial charge in [0.1, 0.15) is 23.3 Å². The molecule has 328 valence electrons. The predicted octanol–water partition coefficient (Wildman–Crippen LogP) is 11.7. The molecule has 0 fully saturated rings. The van der Waals surface area contributed by atoms with Crippen molar-refractivity contribution in [3.8, 4) is 11.1 Å². The number of fused-ring (bicyclic) bond motifs is 4. The zero-order chi connectivity index (χ0) is 47.2. The van der Waals surface area contributed by atoms with Gasteiger partial charge >= 0.3 is 14.1 Å². The second-order valence-electron chi connectivity index (χ2n) is 13.5. The minimum atomic E-state index is -6.80. The van der Waals surface area contributed by atoms with Crippen LogP contribution in [0.2, 0.25) is 0 Å². The lowest BCUT2D eigenvalue weighted by molar-refractivity contribution is 0.379. The Hall–Kier alpha value is -6.28. The topological polar surface area (TPSA) is 0 Å². The van der Waals surface area contributed by atoms with Gasteiger partial charge in [0.2, 0.25) is 5.82 Å². The van der Waals surface area contributed by atoms with Crippen molar-refractivity contribution in [3.63, 3.8) is 0 Å². The van der Waals surface area contributed by atoms with Crippen LogP contribution in [0.5, 0.6) is 0 Å². The Kier molecular flexibility index (Phi) is 10.3. The molecular formula is C40H4AlF23. The minimum Gasteiger partial charge on any atom is -0.206 e. The average Bonchev–Trinajstić information content (AvgIpc) is 3.26. The summed E-state index contributed by atoms with van der Waals surface area (Å²) in [7, 11) is 0. The first-order chi connectivity index (χ1) is 29.9. The van der Waals surface area contributed by atoms with Gasteiger partial charge in [-0.25, -0.2) is 101 Å². The summed E-state index contributed by atoms with van der Waals surface area (Å²) >= 11 is -6.80. The highest BCUT2D eigenvalue weighted by atomic mass is 27.2. The molecule has 0 aliphatic carbocycles. The molecule has 64 heavy (non-hydrogen) atoms. The fourth-order valence-electron chi connectivity index (χ4n) is 7.61. The van der Waals surface area contributed by atoms with Crippen molar-refractivity contribution < 1.29 is 101 Å². The third-order valence-corrected chi connectivity index (χ3v) is 13.7. The van der Waals surface area contributed by atoms with E-state index in [4.69, 9.17) is 0 Å². The second kappa shape index (κ2) is 14.9. The summed E-state index contributed by atoms with van der Waals surface area (Å²) in [6.07, 6.45) is 0. The van der Waals surface area contributed by atoms with E-state index in [1.807, 2.05) is 0 Å². The van der Waals surface area contributed by atoms with Gasteiger partial charge in [0.05, 0.1) is 32.5 Å². The van der Waals surface area contributed by atoms with E-state index in [0.29, 0.717) is 18.2 Å². The van der Waals surface area contributed by atoms with Crippen LogP contribution in [-0.2, 0) is 0 Å². The standard InChI is InChI=1S/C14F9.C14H4F5.C12F9.Al/c15-3-1-2-4(10(19)8(3)17)9(18)6-5(7(2)16)11(20)13(22)14(23)12(6)21;15-8-3-1-2-6-4-7-5-9(16)12(17)14(19)11(7)13(18)10(6)8;13-3-1-2(5(14)9(18)6(3)15)4-7(16)10(19)12(21)11(20)8(4)17;/h;1-4H;;. The van der Waals surface area contributed by atoms with Crippen LogP contribution in [0.1, 0.15) is 0 Å². The van der Waals surface area contributed by atoms with Crippen LogP contribution in [0, 0.1) is 134 Å². The fraction of sp³-hybridized carbons (Fsp3) is 0. The Morgan fingerprint density at radius 2 is 0.594 bits per heavy atom. The molecule has 0 atom stereocenters. The van der Waals surface area contributed by atoms with Crippen LogP contribution >= 0.6 is 0 Å². The van der Waals surface area contributed by atoms with Crippen molar-refractivity contribution in [3.05, 3.63) is 158 Å². The molecule has 0 radical (unpaired) electrons. The molecule has 0 amide bonds. The van der Waals surface area contributed by atoms with Crippen molar-refractivity contribution in [2.24, 2.45) is 0 Å². The Morgan fingerprint density at radius 3 is 1.11 bits per heavy atom. The van der Waals surface area contributed by atoms with Crippen molar-refractivity contribution in [2.45, 2.75) is 0 Å². The molecule has 0 heterocycles. The molecule has 0 spiro atoms. The smallest absolute Gasteiger partial charge is 0.206 e. The first-order valence-corrected chi connectivity index (χ1v) is 18.5. The number of hydrogen-bond acceptors (Lipinski definition) is 0. The number of benzene rings is 8. The summed E-state index contributed by atoms with van der Waals surface area (Å²) in [5.74, 6) is -70.3. The summed E-state index contributed by atoms with van der Waals surface area (Å²) in [5.41, 5.74) is -5.89. The Labute approximate surface area is 340 Å². The van der Waals surface area contributed by atoms with Crippen molar-refractivity contribution in [1.82, 2.24) is 0 Å². The Bertz CT molecular complexity index is 3460. The molecule has 0 saturated heterocycles. The van der Waals surface area contributed by atoms with Gasteiger partial charge in [-0.2, -0.15) is 0 Å². The van der Waals surface area contributed by atoms with Gasteiger partial charge in [0.25, 0.3) is 0 Å². The summed E-state index contributed by atoms with van der Waals surface area (Å²) in [6.45, 7) is 0. The summed E-state index contributed by atoms with van der Waals surface area (Å²) < 4.78 is 350. The second-order valence-corrected chi connectivity index (χ2v) is 16.1. The van der Waals surface area contributed by atoms with Crippen LogP contribution in [0.3, 0.4) is 0 Å². The van der Waals surface area contributed by atoms with E-state index >= 15 is 74.6 Å². The maximum absolute atomic E-state index is 16.9. The highest BCUT2D eigenvalue weighted by Gasteiger charge is 2.47. The minimum absolute atomic E-state index is 0.128. The van der Waals surface area contributed by atoms with Gasteiger partial charge in [0.15, 0.2) is 105 Å². The first kappa shape index (κ1) is 44.3. The molecule has 8 rings (SSSR count). The lowest BCUT2D eigenvalue weighted by Crippen LogP contribution is -2.58. The molecule has 0 aromatic heterocycles. The monoisotopic (exact) mass is 948 g/mol. The predicted molar refractivity (Wildman–Crippen MR) is 178 cm³/mol. The third-order valence-electron chi connectivity index (χ3n) is 10.3. The average molecular weight is 948 g/mol. The van der Waals surface area contributed by atoms with Gasteiger partial charge in [-0.05, 0) is 22.9 Å². The molecule has 0 unspecified atom stereocenters. The van der Waals surface area contributed by atoms with E-state index < -0.39 is 215 Å². The lowest BCUT2D eigenvalue weighted by atomic mass is 9.99. The molecule has 0 saturated carbocycles. The number of halogens is 23. The number of rotatable bonds is 4. The normalized spacial score (nSPS) is 12.0. The molecule has 0 N–H and O–H groups in total. The zero-order valence-corrected chi connectivity index (χ0v) is 30.7. The third kappa shape index (κ3) is 5.66. The van der Waals surface area contributed by atoms with E-state index in [1.165, 1.54) is 0 Å². The maximum atomic E-state index is 16.9. The van der Waals surface area contributed by atoms with Crippen LogP contribution < -0.4 is 13.3 Å². The van der Waals surface area contributed by atoms with Crippen LogP contribution in [0.4, 0.5) is 101 Å². The molecule has 24 heteroatoms. The van der Waals surface area contributed by atoms with E-state index in [9.17, 15) is 26.3 Å². The zero-order valence-electron chi connectivity index (χ0n) is 29.6. The largest absolute Gasteiger partial charge is 0.401 e. The number of hydrogen-bond donors (Lipinski definition) is 0. The highest BCUT2D eigenvalue weighted by molar-refractivity contribution is 6.99.